The number of anilines is 1. The fourth-order valence-corrected chi connectivity index (χ4v) is 4.56. The molecule has 0 saturated carbocycles. The molecule has 0 N–H and O–H groups in total. The van der Waals surface area contributed by atoms with Gasteiger partial charge in [0, 0.05) is 34.6 Å². The Morgan fingerprint density at radius 1 is 0.882 bits per heavy atom. The van der Waals surface area contributed by atoms with Gasteiger partial charge in [-0.2, -0.15) is 0 Å². The fraction of sp³-hybridized carbons (Fsp3) is 0.143. The predicted molar refractivity (Wildman–Crippen MR) is 140 cm³/mol. The molecule has 1 fully saturated rings. The van der Waals surface area contributed by atoms with Gasteiger partial charge in [0.25, 0.3) is 0 Å². The zero-order chi connectivity index (χ0) is 22.9. The molecule has 1 aliphatic carbocycles. The van der Waals surface area contributed by atoms with E-state index in [9.17, 15) is 0 Å². The molecule has 0 unspecified atom stereocenters. The van der Waals surface area contributed by atoms with Crippen LogP contribution < -0.4 is 9.64 Å². The Kier molecular flexibility index (Phi) is 5.35. The number of rotatable bonds is 5. The first-order chi connectivity index (χ1) is 16.7. The molecule has 1 aliphatic heterocycles. The number of thiocarbonyl (C=S) groups is 1. The first kappa shape index (κ1) is 20.7. The number of allylic oxidation sites excluding steroid dienone is 4. The molecule has 2 aliphatic rings. The third-order valence-electron chi connectivity index (χ3n) is 6.17. The van der Waals surface area contributed by atoms with Gasteiger partial charge < -0.3 is 9.64 Å². The van der Waals surface area contributed by atoms with Crippen LogP contribution in [0.4, 0.5) is 5.82 Å². The number of ether oxygens (including phenoxy) is 1. The summed E-state index contributed by atoms with van der Waals surface area (Å²) in [5, 5.41) is 1.14. The van der Waals surface area contributed by atoms with E-state index in [1.807, 2.05) is 36.4 Å². The monoisotopic (exact) mass is 462 g/mol. The van der Waals surface area contributed by atoms with Crippen molar-refractivity contribution in [3.8, 4) is 5.88 Å². The smallest absolute Gasteiger partial charge is 0.241 e. The molecule has 0 bridgehead atoms. The van der Waals surface area contributed by atoms with E-state index >= 15 is 0 Å². The lowest BCUT2D eigenvalue weighted by atomic mass is 9.92. The molecule has 3 heterocycles. The molecule has 6 heteroatoms. The average Bonchev–Trinajstić information content (AvgIpc) is 2.87. The molecule has 1 saturated heterocycles. The van der Waals surface area contributed by atoms with Crippen molar-refractivity contribution in [1.29, 1.82) is 0 Å². The molecule has 0 radical (unpaired) electrons. The van der Waals surface area contributed by atoms with Crippen LogP contribution >= 0.6 is 12.2 Å². The fourth-order valence-electron chi connectivity index (χ4n) is 4.32. The summed E-state index contributed by atoms with van der Waals surface area (Å²) in [4.78, 5) is 17.0. The molecule has 166 valence electrons. The molecular weight excluding hydrogens is 440 g/mol. The van der Waals surface area contributed by atoms with Crippen molar-refractivity contribution in [3.05, 3.63) is 103 Å². The minimum Gasteiger partial charge on any atom is -0.469 e. The Labute approximate surface area is 203 Å². The van der Waals surface area contributed by atoms with Gasteiger partial charge in [0.2, 0.25) is 5.88 Å². The summed E-state index contributed by atoms with van der Waals surface area (Å²) in [5.41, 5.74) is 4.91. The van der Waals surface area contributed by atoms with Crippen molar-refractivity contribution < 1.29 is 4.74 Å². The standard InChI is InChI=1S/C28H22N4OS/c34-25-12-10-21(19-6-2-1-3-7-19)16-23(25)27-28(30-15-14-29-27)33-22-17-32(18-22)26-13-11-20-8-4-5-9-24(20)31-26/h1-11,13-16,22H,12,17-18H2. The lowest BCUT2D eigenvalue weighted by Gasteiger charge is -2.39. The van der Waals surface area contributed by atoms with E-state index in [0.717, 1.165) is 51.4 Å². The molecule has 2 aromatic carbocycles. The number of aromatic nitrogens is 3. The van der Waals surface area contributed by atoms with Crippen LogP contribution in [0.15, 0.2) is 91.3 Å². The van der Waals surface area contributed by atoms with Gasteiger partial charge >= 0.3 is 0 Å². The van der Waals surface area contributed by atoms with Gasteiger partial charge in [0.15, 0.2) is 0 Å². The number of pyridine rings is 1. The van der Waals surface area contributed by atoms with Crippen molar-refractivity contribution in [3.63, 3.8) is 0 Å². The van der Waals surface area contributed by atoms with Gasteiger partial charge in [-0.15, -0.1) is 0 Å². The molecule has 0 amide bonds. The number of hydrogen-bond donors (Lipinski definition) is 0. The average molecular weight is 463 g/mol. The zero-order valence-corrected chi connectivity index (χ0v) is 19.3. The van der Waals surface area contributed by atoms with Crippen LogP contribution in [0.1, 0.15) is 17.7 Å². The number of para-hydroxylation sites is 1. The molecule has 6 rings (SSSR count). The number of hydrogen-bond acceptors (Lipinski definition) is 6. The molecule has 4 aromatic rings. The summed E-state index contributed by atoms with van der Waals surface area (Å²) in [6, 6.07) is 22.6. The lowest BCUT2D eigenvalue weighted by Crippen LogP contribution is -2.54. The summed E-state index contributed by atoms with van der Waals surface area (Å²) in [6.07, 6.45) is 8.35. The van der Waals surface area contributed by atoms with Gasteiger partial charge in [0.1, 0.15) is 17.6 Å². The number of fused-ring (bicyclic) bond motifs is 1. The van der Waals surface area contributed by atoms with Gasteiger partial charge in [-0.05, 0) is 35.4 Å². The Morgan fingerprint density at radius 3 is 2.56 bits per heavy atom. The molecule has 0 atom stereocenters. The van der Waals surface area contributed by atoms with Crippen LogP contribution in [0.5, 0.6) is 5.88 Å². The van der Waals surface area contributed by atoms with Crippen LogP contribution in [0.2, 0.25) is 0 Å². The van der Waals surface area contributed by atoms with Crippen molar-refractivity contribution >= 4 is 44.9 Å². The van der Waals surface area contributed by atoms with Crippen LogP contribution in [-0.2, 0) is 0 Å². The second-order valence-corrected chi connectivity index (χ2v) is 8.92. The predicted octanol–water partition coefficient (Wildman–Crippen LogP) is 5.53. The van der Waals surface area contributed by atoms with E-state index in [2.05, 4.69) is 57.4 Å². The summed E-state index contributed by atoms with van der Waals surface area (Å²) in [7, 11) is 0. The summed E-state index contributed by atoms with van der Waals surface area (Å²) < 4.78 is 6.30. The van der Waals surface area contributed by atoms with Crippen LogP contribution in [0.3, 0.4) is 0 Å². The van der Waals surface area contributed by atoms with Crippen molar-refractivity contribution in [2.24, 2.45) is 0 Å². The molecule has 2 aromatic heterocycles. The zero-order valence-electron chi connectivity index (χ0n) is 18.5. The third-order valence-corrected chi connectivity index (χ3v) is 6.56. The van der Waals surface area contributed by atoms with Crippen LogP contribution in [0, 0.1) is 0 Å². The minimum absolute atomic E-state index is 0.0191. The normalized spacial score (nSPS) is 16.1. The van der Waals surface area contributed by atoms with E-state index < -0.39 is 0 Å². The summed E-state index contributed by atoms with van der Waals surface area (Å²) in [5.74, 6) is 1.49. The first-order valence-electron chi connectivity index (χ1n) is 11.3. The highest BCUT2D eigenvalue weighted by molar-refractivity contribution is 7.81. The van der Waals surface area contributed by atoms with Crippen molar-refractivity contribution in [2.75, 3.05) is 18.0 Å². The maximum atomic E-state index is 6.30. The second-order valence-electron chi connectivity index (χ2n) is 8.43. The van der Waals surface area contributed by atoms with E-state index in [1.165, 1.54) is 0 Å². The maximum absolute atomic E-state index is 6.30. The van der Waals surface area contributed by atoms with E-state index in [-0.39, 0.29) is 6.10 Å². The van der Waals surface area contributed by atoms with Crippen LogP contribution in [-0.4, -0.2) is 39.0 Å². The summed E-state index contributed by atoms with van der Waals surface area (Å²) >= 11 is 5.70. The second kappa shape index (κ2) is 8.80. The van der Waals surface area contributed by atoms with Crippen LogP contribution in [0.25, 0.3) is 22.0 Å². The molecule has 5 nitrogen and oxygen atoms in total. The SMILES string of the molecule is S=C1CC=C(c2ccccc2)C=C1c1nccnc1OC1CN(c2ccc3ccccc3n2)C1. The van der Waals surface area contributed by atoms with Crippen molar-refractivity contribution in [1.82, 2.24) is 15.0 Å². The molecule has 0 spiro atoms. The topological polar surface area (TPSA) is 51.1 Å². The van der Waals surface area contributed by atoms with E-state index in [0.29, 0.717) is 18.0 Å². The van der Waals surface area contributed by atoms with Gasteiger partial charge in [-0.25, -0.2) is 15.0 Å². The van der Waals surface area contributed by atoms with Gasteiger partial charge in [-0.3, -0.25) is 0 Å². The quantitative estimate of drug-likeness (QED) is 0.363. The first-order valence-corrected chi connectivity index (χ1v) is 11.7. The van der Waals surface area contributed by atoms with E-state index in [1.54, 1.807) is 12.4 Å². The Hall–Kier alpha value is -3.90. The number of nitrogens with zero attached hydrogens (tertiary/aromatic N) is 4. The molecular formula is C28H22N4OS. The van der Waals surface area contributed by atoms with Gasteiger partial charge in [0.05, 0.1) is 18.6 Å². The third kappa shape index (κ3) is 3.97. The number of benzene rings is 2. The maximum Gasteiger partial charge on any atom is 0.241 e. The highest BCUT2D eigenvalue weighted by Gasteiger charge is 2.31. The lowest BCUT2D eigenvalue weighted by molar-refractivity contribution is 0.159. The minimum atomic E-state index is 0.0191. The van der Waals surface area contributed by atoms with E-state index in [4.69, 9.17) is 21.9 Å². The highest BCUT2D eigenvalue weighted by Crippen LogP contribution is 2.33. The van der Waals surface area contributed by atoms with Crippen molar-refractivity contribution in [2.45, 2.75) is 12.5 Å². The largest absolute Gasteiger partial charge is 0.469 e. The van der Waals surface area contributed by atoms with Gasteiger partial charge in [-0.1, -0.05) is 66.8 Å². The Morgan fingerprint density at radius 2 is 1.68 bits per heavy atom. The molecule has 34 heavy (non-hydrogen) atoms. The Balaban J connectivity index is 1.20. The Bertz CT molecular complexity index is 1440. The summed E-state index contributed by atoms with van der Waals surface area (Å²) in [6.45, 7) is 1.50. The highest BCUT2D eigenvalue weighted by atomic mass is 32.1.